The molecule has 0 atom stereocenters. The third kappa shape index (κ3) is 3.21. The second kappa shape index (κ2) is 5.83. The van der Waals surface area contributed by atoms with Crippen molar-refractivity contribution >= 4 is 27.3 Å². The van der Waals surface area contributed by atoms with E-state index in [-0.39, 0.29) is 11.8 Å². The lowest BCUT2D eigenvalue weighted by Gasteiger charge is -2.30. The first-order valence-electron chi connectivity index (χ1n) is 6.66. The number of carbonyl (C=O) groups is 1. The predicted octanol–water partition coefficient (Wildman–Crippen LogP) is 1.64. The molecule has 7 heteroatoms. The third-order valence-corrected chi connectivity index (χ3v) is 6.80. The molecule has 2 rings (SSSR count). The van der Waals surface area contributed by atoms with E-state index in [0.29, 0.717) is 37.2 Å². The van der Waals surface area contributed by atoms with Crippen molar-refractivity contribution in [2.45, 2.75) is 38.0 Å². The van der Waals surface area contributed by atoms with E-state index in [1.54, 1.807) is 6.07 Å². The van der Waals surface area contributed by atoms with Crippen molar-refractivity contribution in [3.05, 3.63) is 15.8 Å². The number of nitrogens with zero attached hydrogens (tertiary/aromatic N) is 1. The minimum atomic E-state index is -3.40. The van der Waals surface area contributed by atoms with Gasteiger partial charge in [0.1, 0.15) is 0 Å². The van der Waals surface area contributed by atoms with Gasteiger partial charge in [-0.1, -0.05) is 0 Å². The average Bonchev–Trinajstić information content (AvgIpc) is 2.69. The van der Waals surface area contributed by atoms with Crippen LogP contribution in [-0.2, 0) is 14.8 Å². The Kier molecular flexibility index (Phi) is 4.51. The number of primary amides is 1. The topological polar surface area (TPSA) is 80.5 Å². The van der Waals surface area contributed by atoms with Crippen molar-refractivity contribution in [3.8, 4) is 0 Å². The predicted molar refractivity (Wildman–Crippen MR) is 79.1 cm³/mol. The first-order valence-corrected chi connectivity index (χ1v) is 8.92. The van der Waals surface area contributed by atoms with Crippen molar-refractivity contribution in [3.63, 3.8) is 0 Å². The number of nitrogens with two attached hydrogens (primary N) is 1. The Labute approximate surface area is 123 Å². The molecule has 1 aliphatic rings. The quantitative estimate of drug-likeness (QED) is 0.917. The second-order valence-electron chi connectivity index (χ2n) is 5.30. The van der Waals surface area contributed by atoms with Crippen LogP contribution in [0, 0.1) is 19.8 Å². The Bertz CT molecular complexity index is 599. The fourth-order valence-electron chi connectivity index (χ4n) is 2.64. The number of hydrogen-bond acceptors (Lipinski definition) is 4. The highest BCUT2D eigenvalue weighted by Gasteiger charge is 2.31. The minimum Gasteiger partial charge on any atom is -0.370 e. The SMILES string of the molecule is Cc1cc(S(=O)(=O)N2CCC(CC(N)=O)CC2)c(C)s1. The normalized spacial score (nSPS) is 18.3. The molecule has 0 saturated carbocycles. The van der Waals surface area contributed by atoms with Crippen LogP contribution in [-0.4, -0.2) is 31.7 Å². The number of piperidine rings is 1. The summed E-state index contributed by atoms with van der Waals surface area (Å²) in [7, 11) is -3.40. The maximum atomic E-state index is 12.6. The second-order valence-corrected chi connectivity index (χ2v) is 8.66. The zero-order valence-corrected chi connectivity index (χ0v) is 13.4. The summed E-state index contributed by atoms with van der Waals surface area (Å²) in [6, 6.07) is 1.74. The van der Waals surface area contributed by atoms with Gasteiger partial charge in [0.2, 0.25) is 15.9 Å². The van der Waals surface area contributed by atoms with Crippen molar-refractivity contribution in [1.29, 1.82) is 0 Å². The van der Waals surface area contributed by atoms with Gasteiger partial charge in [-0.25, -0.2) is 8.42 Å². The van der Waals surface area contributed by atoms with Crippen LogP contribution >= 0.6 is 11.3 Å². The van der Waals surface area contributed by atoms with Gasteiger partial charge < -0.3 is 5.73 Å². The van der Waals surface area contributed by atoms with Crippen molar-refractivity contribution in [1.82, 2.24) is 4.31 Å². The summed E-state index contributed by atoms with van der Waals surface area (Å²) in [5, 5.41) is 0. The Morgan fingerprint density at radius 3 is 2.45 bits per heavy atom. The number of rotatable bonds is 4. The molecule has 1 amide bonds. The molecule has 0 bridgehead atoms. The molecule has 1 aromatic heterocycles. The molecule has 2 heterocycles. The Morgan fingerprint density at radius 2 is 2.00 bits per heavy atom. The first kappa shape index (κ1) is 15.5. The Morgan fingerprint density at radius 1 is 1.40 bits per heavy atom. The van der Waals surface area contributed by atoms with Crippen molar-refractivity contribution in [2.75, 3.05) is 13.1 Å². The van der Waals surface area contributed by atoms with Gasteiger partial charge in [-0.2, -0.15) is 4.31 Å². The fraction of sp³-hybridized carbons (Fsp3) is 0.615. The molecular formula is C13H20N2O3S2. The number of thiophene rings is 1. The molecule has 2 N–H and O–H groups in total. The summed E-state index contributed by atoms with van der Waals surface area (Å²) in [6.07, 6.45) is 1.75. The zero-order chi connectivity index (χ0) is 14.9. The van der Waals surface area contributed by atoms with Crippen LogP contribution in [0.15, 0.2) is 11.0 Å². The third-order valence-electron chi connectivity index (χ3n) is 3.68. The molecule has 1 aromatic rings. The van der Waals surface area contributed by atoms with Crippen LogP contribution in [0.5, 0.6) is 0 Å². The molecule has 0 radical (unpaired) electrons. The Balaban J connectivity index is 2.10. The highest BCUT2D eigenvalue weighted by molar-refractivity contribution is 7.89. The lowest BCUT2D eigenvalue weighted by Crippen LogP contribution is -2.39. The van der Waals surface area contributed by atoms with E-state index in [4.69, 9.17) is 5.73 Å². The van der Waals surface area contributed by atoms with Gasteiger partial charge in [0.25, 0.3) is 0 Å². The number of hydrogen-bond donors (Lipinski definition) is 1. The molecule has 0 aliphatic carbocycles. The van der Waals surface area contributed by atoms with Gasteiger partial charge in [0.05, 0.1) is 4.90 Å². The molecule has 1 saturated heterocycles. The van der Waals surface area contributed by atoms with Gasteiger partial charge in [-0.3, -0.25) is 4.79 Å². The van der Waals surface area contributed by atoms with Crippen LogP contribution < -0.4 is 5.73 Å². The zero-order valence-electron chi connectivity index (χ0n) is 11.8. The first-order chi connectivity index (χ1) is 9.30. The van der Waals surface area contributed by atoms with Crippen molar-refractivity contribution < 1.29 is 13.2 Å². The van der Waals surface area contributed by atoms with Gasteiger partial charge >= 0.3 is 0 Å². The molecule has 0 unspecified atom stereocenters. The smallest absolute Gasteiger partial charge is 0.244 e. The molecular weight excluding hydrogens is 296 g/mol. The number of carbonyl (C=O) groups excluding carboxylic acids is 1. The lowest BCUT2D eigenvalue weighted by atomic mass is 9.94. The molecule has 1 aliphatic heterocycles. The average molecular weight is 316 g/mol. The van der Waals surface area contributed by atoms with E-state index >= 15 is 0 Å². The fourth-order valence-corrected chi connectivity index (χ4v) is 5.63. The summed E-state index contributed by atoms with van der Waals surface area (Å²) in [5.74, 6) is -0.0973. The monoisotopic (exact) mass is 316 g/mol. The minimum absolute atomic E-state index is 0.212. The maximum absolute atomic E-state index is 12.6. The Hall–Kier alpha value is -0.920. The number of amides is 1. The standard InChI is InChI=1S/C13H20N2O3S2/c1-9-7-12(10(2)19-9)20(17,18)15-5-3-11(4-6-15)8-13(14)16/h7,11H,3-6,8H2,1-2H3,(H2,14,16). The number of sulfonamides is 1. The molecule has 1 fully saturated rings. The van der Waals surface area contributed by atoms with E-state index in [1.165, 1.54) is 15.6 Å². The lowest BCUT2D eigenvalue weighted by molar-refractivity contribution is -0.119. The van der Waals surface area contributed by atoms with Gasteiger partial charge in [0, 0.05) is 29.3 Å². The van der Waals surface area contributed by atoms with Crippen LogP contribution in [0.25, 0.3) is 0 Å². The summed E-state index contributed by atoms with van der Waals surface area (Å²) in [5.41, 5.74) is 5.19. The van der Waals surface area contributed by atoms with Crippen LogP contribution in [0.2, 0.25) is 0 Å². The molecule has 20 heavy (non-hydrogen) atoms. The molecule has 0 aromatic carbocycles. The van der Waals surface area contributed by atoms with Gasteiger partial charge in [-0.05, 0) is 38.7 Å². The summed E-state index contributed by atoms with van der Waals surface area (Å²) < 4.78 is 26.7. The van der Waals surface area contributed by atoms with Gasteiger partial charge in [0.15, 0.2) is 0 Å². The van der Waals surface area contributed by atoms with E-state index in [0.717, 1.165) is 9.75 Å². The summed E-state index contributed by atoms with van der Waals surface area (Å²) in [4.78, 5) is 13.2. The van der Waals surface area contributed by atoms with Crippen LogP contribution in [0.1, 0.15) is 29.0 Å². The number of aryl methyl sites for hydroxylation is 2. The van der Waals surface area contributed by atoms with Crippen LogP contribution in [0.3, 0.4) is 0 Å². The largest absolute Gasteiger partial charge is 0.370 e. The summed E-state index contributed by atoms with van der Waals surface area (Å²) in [6.45, 7) is 4.68. The molecule has 5 nitrogen and oxygen atoms in total. The van der Waals surface area contributed by atoms with E-state index < -0.39 is 10.0 Å². The van der Waals surface area contributed by atoms with Crippen LogP contribution in [0.4, 0.5) is 0 Å². The maximum Gasteiger partial charge on any atom is 0.244 e. The summed E-state index contributed by atoms with van der Waals surface area (Å²) >= 11 is 1.50. The highest BCUT2D eigenvalue weighted by atomic mass is 32.2. The highest BCUT2D eigenvalue weighted by Crippen LogP contribution is 2.30. The van der Waals surface area contributed by atoms with Gasteiger partial charge in [-0.15, -0.1) is 11.3 Å². The van der Waals surface area contributed by atoms with Crippen molar-refractivity contribution in [2.24, 2.45) is 11.7 Å². The molecule has 0 spiro atoms. The van der Waals surface area contributed by atoms with E-state index in [2.05, 4.69) is 0 Å². The van der Waals surface area contributed by atoms with E-state index in [9.17, 15) is 13.2 Å². The van der Waals surface area contributed by atoms with E-state index in [1.807, 2.05) is 13.8 Å². The molecule has 112 valence electrons.